The Morgan fingerprint density at radius 1 is 1.41 bits per heavy atom. The van der Waals surface area contributed by atoms with Gasteiger partial charge in [-0.25, -0.2) is 4.39 Å². The molecule has 1 saturated heterocycles. The predicted molar refractivity (Wildman–Crippen MR) is 68.2 cm³/mol. The molecule has 0 aromatic heterocycles. The minimum Gasteiger partial charge on any atom is -0.399 e. The van der Waals surface area contributed by atoms with Crippen molar-refractivity contribution in [1.29, 1.82) is 0 Å². The number of nitrogen functional groups attached to an aromatic ring is 1. The molecule has 1 unspecified atom stereocenters. The Hall–Kier alpha value is -1.13. The first-order valence-electron chi connectivity index (χ1n) is 5.98. The van der Waals surface area contributed by atoms with Crippen LogP contribution >= 0.6 is 0 Å². The number of hydrogen-bond donors (Lipinski definition) is 1. The maximum absolute atomic E-state index is 13.2. The second-order valence-electron chi connectivity index (χ2n) is 5.03. The molecule has 1 fully saturated rings. The molecule has 0 bridgehead atoms. The third-order valence-corrected chi connectivity index (χ3v) is 3.36. The van der Waals surface area contributed by atoms with Crippen molar-refractivity contribution < 1.29 is 4.39 Å². The summed E-state index contributed by atoms with van der Waals surface area (Å²) >= 11 is 0. The van der Waals surface area contributed by atoms with Crippen LogP contribution in [0.4, 0.5) is 10.1 Å². The summed E-state index contributed by atoms with van der Waals surface area (Å²) in [4.78, 5) is 4.60. The highest BCUT2D eigenvalue weighted by Gasteiger charge is 2.23. The van der Waals surface area contributed by atoms with Crippen LogP contribution in [0.3, 0.4) is 0 Å². The highest BCUT2D eigenvalue weighted by molar-refractivity contribution is 5.41. The number of hydrogen-bond acceptors (Lipinski definition) is 3. The first-order chi connectivity index (χ1) is 8.04. The van der Waals surface area contributed by atoms with Crippen LogP contribution in [0, 0.1) is 5.82 Å². The van der Waals surface area contributed by atoms with E-state index in [1.807, 2.05) is 6.07 Å². The van der Waals surface area contributed by atoms with E-state index < -0.39 is 0 Å². The van der Waals surface area contributed by atoms with Crippen LogP contribution in [0.5, 0.6) is 0 Å². The Bertz CT molecular complexity index is 372. The zero-order valence-electron chi connectivity index (χ0n) is 10.5. The summed E-state index contributed by atoms with van der Waals surface area (Å²) in [6, 6.07) is 5.39. The summed E-state index contributed by atoms with van der Waals surface area (Å²) in [6.07, 6.45) is 1.18. The van der Waals surface area contributed by atoms with Gasteiger partial charge in [0.05, 0.1) is 0 Å². The monoisotopic (exact) mass is 237 g/mol. The summed E-state index contributed by atoms with van der Waals surface area (Å²) in [5, 5.41) is 0. The molecule has 0 aliphatic carbocycles. The maximum atomic E-state index is 13.2. The number of rotatable bonds is 3. The number of nitrogens with zero attached hydrogens (tertiary/aromatic N) is 2. The fourth-order valence-corrected chi connectivity index (χ4v) is 2.40. The van der Waals surface area contributed by atoms with Gasteiger partial charge in [-0.3, -0.25) is 4.90 Å². The van der Waals surface area contributed by atoms with E-state index in [9.17, 15) is 4.39 Å². The Morgan fingerprint density at radius 2 is 2.18 bits per heavy atom. The van der Waals surface area contributed by atoms with Crippen LogP contribution in [-0.2, 0) is 6.54 Å². The zero-order valence-corrected chi connectivity index (χ0v) is 10.5. The smallest absolute Gasteiger partial charge is 0.125 e. The second-order valence-corrected chi connectivity index (χ2v) is 5.03. The van der Waals surface area contributed by atoms with E-state index in [0.29, 0.717) is 11.7 Å². The highest BCUT2D eigenvalue weighted by Crippen LogP contribution is 2.18. The van der Waals surface area contributed by atoms with Crippen molar-refractivity contribution >= 4 is 5.69 Å². The molecular formula is C13H20FN3. The molecule has 1 aromatic rings. The van der Waals surface area contributed by atoms with Crippen LogP contribution in [-0.4, -0.2) is 43.0 Å². The van der Waals surface area contributed by atoms with Gasteiger partial charge in [0.2, 0.25) is 0 Å². The van der Waals surface area contributed by atoms with E-state index in [0.717, 1.165) is 25.2 Å². The highest BCUT2D eigenvalue weighted by atomic mass is 19.1. The fourth-order valence-electron chi connectivity index (χ4n) is 2.40. The Kier molecular flexibility index (Phi) is 3.64. The van der Waals surface area contributed by atoms with Gasteiger partial charge in [0, 0.05) is 31.4 Å². The van der Waals surface area contributed by atoms with Crippen LogP contribution < -0.4 is 5.73 Å². The molecule has 17 heavy (non-hydrogen) atoms. The van der Waals surface area contributed by atoms with E-state index in [-0.39, 0.29) is 5.82 Å². The number of likely N-dealkylation sites (tertiary alicyclic amines) is 1. The number of anilines is 1. The molecule has 4 heteroatoms. The van der Waals surface area contributed by atoms with Crippen LogP contribution in [0.15, 0.2) is 18.2 Å². The molecule has 1 aromatic carbocycles. The minimum absolute atomic E-state index is 0.247. The van der Waals surface area contributed by atoms with E-state index >= 15 is 0 Å². The lowest BCUT2D eigenvalue weighted by molar-refractivity contribution is 0.264. The zero-order chi connectivity index (χ0) is 12.4. The Morgan fingerprint density at radius 3 is 2.76 bits per heavy atom. The van der Waals surface area contributed by atoms with Gasteiger partial charge in [-0.1, -0.05) is 0 Å². The summed E-state index contributed by atoms with van der Waals surface area (Å²) in [6.45, 7) is 2.90. The van der Waals surface area contributed by atoms with Gasteiger partial charge in [0.15, 0.2) is 0 Å². The normalized spacial score (nSPS) is 21.3. The van der Waals surface area contributed by atoms with Crippen molar-refractivity contribution in [3.8, 4) is 0 Å². The maximum Gasteiger partial charge on any atom is 0.125 e. The topological polar surface area (TPSA) is 32.5 Å². The van der Waals surface area contributed by atoms with Crippen LogP contribution in [0.25, 0.3) is 0 Å². The van der Waals surface area contributed by atoms with Gasteiger partial charge in [-0.05, 0) is 44.3 Å². The van der Waals surface area contributed by atoms with Gasteiger partial charge >= 0.3 is 0 Å². The molecule has 0 amide bonds. The van der Waals surface area contributed by atoms with Crippen molar-refractivity contribution in [3.63, 3.8) is 0 Å². The molecule has 3 nitrogen and oxygen atoms in total. The average molecular weight is 237 g/mol. The number of halogens is 1. The number of benzene rings is 1. The first-order valence-corrected chi connectivity index (χ1v) is 5.98. The standard InChI is InChI=1S/C13H20FN3/c1-16(2)13-3-4-17(9-13)8-10-5-11(14)7-12(15)6-10/h5-7,13H,3-4,8-9,15H2,1-2H3. The molecule has 1 atom stereocenters. The fraction of sp³-hybridized carbons (Fsp3) is 0.538. The van der Waals surface area contributed by atoms with Crippen molar-refractivity contribution in [2.75, 3.05) is 32.9 Å². The van der Waals surface area contributed by atoms with Gasteiger partial charge in [0.25, 0.3) is 0 Å². The van der Waals surface area contributed by atoms with Crippen molar-refractivity contribution in [2.45, 2.75) is 19.0 Å². The lowest BCUT2D eigenvalue weighted by Crippen LogP contribution is -2.31. The van der Waals surface area contributed by atoms with Crippen molar-refractivity contribution in [1.82, 2.24) is 9.80 Å². The summed E-state index contributed by atoms with van der Waals surface area (Å²) < 4.78 is 13.2. The van der Waals surface area contributed by atoms with E-state index in [1.54, 1.807) is 6.07 Å². The summed E-state index contributed by atoms with van der Waals surface area (Å²) in [7, 11) is 4.21. The molecule has 0 radical (unpaired) electrons. The van der Waals surface area contributed by atoms with Crippen molar-refractivity contribution in [2.24, 2.45) is 0 Å². The molecule has 2 rings (SSSR count). The summed E-state index contributed by atoms with van der Waals surface area (Å²) in [5.41, 5.74) is 7.11. The Balaban J connectivity index is 1.98. The second kappa shape index (κ2) is 5.02. The lowest BCUT2D eigenvalue weighted by Gasteiger charge is -2.20. The van der Waals surface area contributed by atoms with Gasteiger partial charge in [0.1, 0.15) is 5.82 Å². The SMILES string of the molecule is CN(C)C1CCN(Cc2cc(N)cc(F)c2)C1. The third-order valence-electron chi connectivity index (χ3n) is 3.36. The Labute approximate surface area is 102 Å². The lowest BCUT2D eigenvalue weighted by atomic mass is 10.2. The minimum atomic E-state index is -0.247. The van der Waals surface area contributed by atoms with E-state index in [4.69, 9.17) is 5.73 Å². The number of nitrogens with two attached hydrogens (primary N) is 1. The molecule has 0 saturated carbocycles. The molecule has 1 heterocycles. The van der Waals surface area contributed by atoms with E-state index in [2.05, 4.69) is 23.9 Å². The van der Waals surface area contributed by atoms with Crippen LogP contribution in [0.1, 0.15) is 12.0 Å². The molecule has 2 N–H and O–H groups in total. The molecule has 94 valence electrons. The molecular weight excluding hydrogens is 217 g/mol. The van der Waals surface area contributed by atoms with Gasteiger partial charge in [-0.15, -0.1) is 0 Å². The molecule has 1 aliphatic rings. The van der Waals surface area contributed by atoms with E-state index in [1.165, 1.54) is 12.5 Å². The predicted octanol–water partition coefficient (Wildman–Crippen LogP) is 1.54. The van der Waals surface area contributed by atoms with Gasteiger partial charge < -0.3 is 10.6 Å². The molecule has 1 aliphatic heterocycles. The van der Waals surface area contributed by atoms with Gasteiger partial charge in [-0.2, -0.15) is 0 Å². The van der Waals surface area contributed by atoms with Crippen LogP contribution in [0.2, 0.25) is 0 Å². The summed E-state index contributed by atoms with van der Waals surface area (Å²) in [5.74, 6) is -0.247. The van der Waals surface area contributed by atoms with Crippen molar-refractivity contribution in [3.05, 3.63) is 29.6 Å². The third kappa shape index (κ3) is 3.17. The molecule has 0 spiro atoms. The first kappa shape index (κ1) is 12.3. The quantitative estimate of drug-likeness (QED) is 0.809. The average Bonchev–Trinajstić information content (AvgIpc) is 2.64. The largest absolute Gasteiger partial charge is 0.399 e. The number of likely N-dealkylation sites (N-methyl/N-ethyl adjacent to an activating group) is 1.